The van der Waals surface area contributed by atoms with Gasteiger partial charge in [-0.05, 0) is 25.0 Å². The van der Waals surface area contributed by atoms with Crippen LogP contribution in [0.3, 0.4) is 0 Å². The number of amides is 1. The van der Waals surface area contributed by atoms with Gasteiger partial charge < -0.3 is 24.8 Å². The number of hydrogen-bond acceptors (Lipinski definition) is 9. The Kier molecular flexibility index (Phi) is 9.20. The van der Waals surface area contributed by atoms with E-state index in [2.05, 4.69) is 34.6 Å². The molecular formula is C23H32N6O4S. The topological polar surface area (TPSA) is 112 Å². The number of carbonyl (C=O) groups is 1. The number of nitrogens with zero attached hydrogens (tertiary/aromatic N) is 4. The normalized spacial score (nSPS) is 10.9. The largest absolute Gasteiger partial charge is 0.493 e. The van der Waals surface area contributed by atoms with Gasteiger partial charge in [-0.1, -0.05) is 25.6 Å². The van der Waals surface area contributed by atoms with Gasteiger partial charge in [0.05, 0.1) is 39.5 Å². The molecule has 0 spiro atoms. The molecule has 34 heavy (non-hydrogen) atoms. The van der Waals surface area contributed by atoms with Crippen LogP contribution in [0.15, 0.2) is 23.5 Å². The lowest BCUT2D eigenvalue weighted by Gasteiger charge is -2.14. The van der Waals surface area contributed by atoms with Crippen LogP contribution in [0.4, 0.5) is 5.82 Å². The molecular weight excluding hydrogens is 456 g/mol. The summed E-state index contributed by atoms with van der Waals surface area (Å²) < 4.78 is 17.8. The van der Waals surface area contributed by atoms with E-state index in [4.69, 9.17) is 19.2 Å². The summed E-state index contributed by atoms with van der Waals surface area (Å²) in [6, 6.07) is 3.24. The number of rotatable bonds is 13. The second kappa shape index (κ2) is 12.3. The molecule has 0 fully saturated rings. The summed E-state index contributed by atoms with van der Waals surface area (Å²) in [6.45, 7) is 5.88. The van der Waals surface area contributed by atoms with E-state index in [0.29, 0.717) is 35.9 Å². The molecule has 0 unspecified atom stereocenters. The van der Waals surface area contributed by atoms with E-state index in [1.807, 2.05) is 0 Å². The molecule has 0 aliphatic heterocycles. The first-order valence-electron chi connectivity index (χ1n) is 11.2. The number of aromatic nitrogens is 4. The Balaban J connectivity index is 1.76. The first kappa shape index (κ1) is 25.4. The fraction of sp³-hybridized carbons (Fsp3) is 0.478. The predicted molar refractivity (Wildman–Crippen MR) is 134 cm³/mol. The van der Waals surface area contributed by atoms with Crippen molar-refractivity contribution in [2.75, 3.05) is 45.5 Å². The monoisotopic (exact) mass is 488 g/mol. The van der Waals surface area contributed by atoms with Crippen LogP contribution in [0.5, 0.6) is 17.2 Å². The van der Waals surface area contributed by atoms with Gasteiger partial charge in [0.25, 0.3) is 5.91 Å². The SMILES string of the molecule is CCCNc1nc(SCCC)nc2c1cnn2CCNC(=O)c1cc(OC)c(OC)c(OC)c1. The highest BCUT2D eigenvalue weighted by molar-refractivity contribution is 7.99. The van der Waals surface area contributed by atoms with Crippen molar-refractivity contribution >= 4 is 34.5 Å². The minimum absolute atomic E-state index is 0.255. The minimum atomic E-state index is -0.255. The molecule has 1 amide bonds. The number of nitrogens with one attached hydrogen (secondary N) is 2. The van der Waals surface area contributed by atoms with Gasteiger partial charge in [-0.3, -0.25) is 4.79 Å². The summed E-state index contributed by atoms with van der Waals surface area (Å²) in [4.78, 5) is 22.2. The Morgan fingerprint density at radius 1 is 1.03 bits per heavy atom. The highest BCUT2D eigenvalue weighted by Crippen LogP contribution is 2.38. The van der Waals surface area contributed by atoms with Crippen molar-refractivity contribution in [2.45, 2.75) is 38.4 Å². The molecule has 0 aliphatic carbocycles. The number of thioether (sulfide) groups is 1. The van der Waals surface area contributed by atoms with Gasteiger partial charge in [-0.2, -0.15) is 5.10 Å². The standard InChI is InChI=1S/C23H32N6O4S/c1-6-8-24-20-16-14-26-29(21(16)28-23(27-20)34-11-7-2)10-9-25-22(30)15-12-17(31-3)19(33-5)18(13-15)32-4/h12-14H,6-11H2,1-5H3,(H,25,30)(H,24,27,28). The highest BCUT2D eigenvalue weighted by Gasteiger charge is 2.17. The third-order valence-corrected chi connectivity index (χ3v) is 6.04. The molecule has 2 aromatic heterocycles. The number of methoxy groups -OCH3 is 3. The van der Waals surface area contributed by atoms with Gasteiger partial charge >= 0.3 is 0 Å². The van der Waals surface area contributed by atoms with Crippen molar-refractivity contribution in [3.8, 4) is 17.2 Å². The molecule has 11 heteroatoms. The lowest BCUT2D eigenvalue weighted by Crippen LogP contribution is -2.27. The molecule has 3 rings (SSSR count). The lowest BCUT2D eigenvalue weighted by atomic mass is 10.1. The second-order valence-corrected chi connectivity index (χ2v) is 8.47. The van der Waals surface area contributed by atoms with E-state index in [1.54, 1.807) is 34.8 Å². The molecule has 184 valence electrons. The van der Waals surface area contributed by atoms with Crippen LogP contribution >= 0.6 is 11.8 Å². The summed E-state index contributed by atoms with van der Waals surface area (Å²) in [5.74, 6) is 2.76. The third-order valence-electron chi connectivity index (χ3n) is 4.99. The zero-order chi connectivity index (χ0) is 24.5. The van der Waals surface area contributed by atoms with Crippen LogP contribution in [0, 0.1) is 0 Å². The van der Waals surface area contributed by atoms with Crippen LogP contribution in [0.25, 0.3) is 11.0 Å². The Bertz CT molecular complexity index is 1100. The summed E-state index contributed by atoms with van der Waals surface area (Å²) in [5, 5.41) is 12.4. The van der Waals surface area contributed by atoms with Crippen molar-refractivity contribution in [1.82, 2.24) is 25.1 Å². The van der Waals surface area contributed by atoms with E-state index in [-0.39, 0.29) is 5.91 Å². The maximum Gasteiger partial charge on any atom is 0.251 e. The summed E-state index contributed by atoms with van der Waals surface area (Å²) >= 11 is 1.62. The van der Waals surface area contributed by atoms with E-state index in [9.17, 15) is 4.79 Å². The summed E-state index contributed by atoms with van der Waals surface area (Å²) in [6.07, 6.45) is 3.79. The third kappa shape index (κ3) is 5.82. The molecule has 0 bridgehead atoms. The molecule has 3 aromatic rings. The van der Waals surface area contributed by atoms with Gasteiger partial charge in [0, 0.05) is 24.4 Å². The molecule has 0 radical (unpaired) electrons. The number of hydrogen-bond donors (Lipinski definition) is 2. The van der Waals surface area contributed by atoms with E-state index in [0.717, 1.165) is 47.1 Å². The Hall–Kier alpha value is -3.21. The Morgan fingerprint density at radius 2 is 1.76 bits per heavy atom. The van der Waals surface area contributed by atoms with Crippen molar-refractivity contribution in [1.29, 1.82) is 0 Å². The van der Waals surface area contributed by atoms with E-state index < -0.39 is 0 Å². The molecule has 0 saturated carbocycles. The smallest absolute Gasteiger partial charge is 0.251 e. The number of anilines is 1. The Morgan fingerprint density at radius 3 is 2.38 bits per heavy atom. The molecule has 0 aliphatic rings. The fourth-order valence-corrected chi connectivity index (χ4v) is 4.02. The molecule has 2 heterocycles. The fourth-order valence-electron chi connectivity index (χ4n) is 3.32. The summed E-state index contributed by atoms with van der Waals surface area (Å²) in [5.41, 5.74) is 1.15. The summed E-state index contributed by atoms with van der Waals surface area (Å²) in [7, 11) is 4.55. The number of ether oxygens (including phenoxy) is 3. The second-order valence-electron chi connectivity index (χ2n) is 7.40. The van der Waals surface area contributed by atoms with Gasteiger partial charge in [0.15, 0.2) is 22.3 Å². The Labute approximate surface area is 203 Å². The maximum atomic E-state index is 12.8. The number of carbonyl (C=O) groups excluding carboxylic acids is 1. The lowest BCUT2D eigenvalue weighted by molar-refractivity contribution is 0.0951. The zero-order valence-corrected chi connectivity index (χ0v) is 21.1. The maximum absolute atomic E-state index is 12.8. The first-order valence-corrected chi connectivity index (χ1v) is 12.2. The van der Waals surface area contributed by atoms with Crippen molar-refractivity contribution in [3.63, 3.8) is 0 Å². The molecule has 2 N–H and O–H groups in total. The molecule has 1 aromatic carbocycles. The minimum Gasteiger partial charge on any atom is -0.493 e. The van der Waals surface area contributed by atoms with Crippen molar-refractivity contribution in [3.05, 3.63) is 23.9 Å². The average molecular weight is 489 g/mol. The highest BCUT2D eigenvalue weighted by atomic mass is 32.2. The predicted octanol–water partition coefficient (Wildman–Crippen LogP) is 3.61. The van der Waals surface area contributed by atoms with Gasteiger partial charge in [0.1, 0.15) is 5.82 Å². The van der Waals surface area contributed by atoms with Gasteiger partial charge in [-0.15, -0.1) is 0 Å². The van der Waals surface area contributed by atoms with Crippen molar-refractivity contribution < 1.29 is 19.0 Å². The van der Waals surface area contributed by atoms with Crippen LogP contribution in [-0.4, -0.2) is 65.8 Å². The molecule has 10 nitrogen and oxygen atoms in total. The molecule has 0 saturated heterocycles. The van der Waals surface area contributed by atoms with Crippen LogP contribution in [0.2, 0.25) is 0 Å². The van der Waals surface area contributed by atoms with Gasteiger partial charge in [0.2, 0.25) is 5.75 Å². The van der Waals surface area contributed by atoms with E-state index in [1.165, 1.54) is 21.3 Å². The zero-order valence-electron chi connectivity index (χ0n) is 20.3. The van der Waals surface area contributed by atoms with Crippen molar-refractivity contribution in [2.24, 2.45) is 0 Å². The quantitative estimate of drug-likeness (QED) is 0.275. The average Bonchev–Trinajstić information content (AvgIpc) is 3.27. The van der Waals surface area contributed by atoms with Crippen LogP contribution in [0.1, 0.15) is 37.0 Å². The van der Waals surface area contributed by atoms with Gasteiger partial charge in [-0.25, -0.2) is 14.6 Å². The number of fused-ring (bicyclic) bond motifs is 1. The number of benzene rings is 1. The molecule has 0 atom stereocenters. The van der Waals surface area contributed by atoms with Crippen LogP contribution < -0.4 is 24.8 Å². The van der Waals surface area contributed by atoms with E-state index >= 15 is 0 Å². The first-order chi connectivity index (χ1) is 16.6. The van der Waals surface area contributed by atoms with Crippen LogP contribution in [-0.2, 0) is 6.54 Å².